The smallest absolute Gasteiger partial charge is 0.0642 e. The molecular weight excluding hydrogens is 312 g/mol. The average molecular weight is 349 g/mol. The van der Waals surface area contributed by atoms with Gasteiger partial charge < -0.3 is 19.3 Å². The van der Waals surface area contributed by atoms with Crippen LogP contribution in [0.3, 0.4) is 0 Å². The number of hydrogen-bond donors (Lipinski definition) is 0. The molecule has 2 heterocycles. The first-order valence-corrected chi connectivity index (χ1v) is 10.4. The Morgan fingerprint density at radius 2 is 1.32 bits per heavy atom. The van der Waals surface area contributed by atoms with Crippen LogP contribution in [0.4, 0.5) is 0 Å². The van der Waals surface area contributed by atoms with Gasteiger partial charge in [0.2, 0.25) is 0 Å². The third-order valence-electron chi connectivity index (χ3n) is 5.79. The molecule has 0 saturated carbocycles. The van der Waals surface area contributed by atoms with Crippen LogP contribution in [0.2, 0.25) is 0 Å². The lowest BCUT2D eigenvalue weighted by atomic mass is 9.96. The molecule has 2 saturated heterocycles. The predicted molar refractivity (Wildman–Crippen MR) is 103 cm³/mol. The molecule has 0 bridgehead atoms. The highest BCUT2D eigenvalue weighted by atomic mass is 16.5. The number of nitrogens with zero attached hydrogens (tertiary/aromatic N) is 2. The Morgan fingerprint density at radius 1 is 0.720 bits per heavy atom. The molecule has 0 aromatic carbocycles. The van der Waals surface area contributed by atoms with E-state index in [4.69, 9.17) is 9.47 Å². The van der Waals surface area contributed by atoms with E-state index in [9.17, 15) is 0 Å². The molecule has 0 N–H and O–H groups in total. The Balaban J connectivity index is 0.000000146. The van der Waals surface area contributed by atoms with Gasteiger partial charge >= 0.3 is 0 Å². The number of hydrogen-bond acceptors (Lipinski definition) is 4. The molecular formula is C21H36N2O2. The normalized spacial score (nSPS) is 25.2. The summed E-state index contributed by atoms with van der Waals surface area (Å²) in [7, 11) is 0. The maximum atomic E-state index is 5.36. The van der Waals surface area contributed by atoms with Gasteiger partial charge in [-0.25, -0.2) is 0 Å². The molecule has 2 aliphatic heterocycles. The summed E-state index contributed by atoms with van der Waals surface area (Å²) >= 11 is 0. The fraction of sp³-hybridized carbons (Fsp3) is 0.810. The van der Waals surface area contributed by atoms with Crippen LogP contribution in [0.1, 0.15) is 58.3 Å². The first-order chi connectivity index (χ1) is 12.3. The van der Waals surface area contributed by atoms with Crippen molar-refractivity contribution < 1.29 is 9.47 Å². The highest BCUT2D eigenvalue weighted by Gasteiger charge is 2.18. The Morgan fingerprint density at radius 3 is 1.92 bits per heavy atom. The second-order valence-electron chi connectivity index (χ2n) is 7.57. The molecule has 142 valence electrons. The molecule has 2 aliphatic carbocycles. The van der Waals surface area contributed by atoms with Crippen LogP contribution in [0.25, 0.3) is 0 Å². The standard InChI is InChI=1S/C11H19NO.C10H17NO/c1-10-4-2-3-5-11(10)12-6-8-13-9-7-12;1-2-4-10(5-3-1)11-6-8-12-9-7-11/h2-9H2,1H3;4H,1-3,5-9H2. The fourth-order valence-electron chi connectivity index (χ4n) is 4.26. The first-order valence-electron chi connectivity index (χ1n) is 10.4. The van der Waals surface area contributed by atoms with Gasteiger partial charge in [0, 0.05) is 37.6 Å². The van der Waals surface area contributed by atoms with Crippen molar-refractivity contribution in [2.75, 3.05) is 52.6 Å². The molecule has 2 fully saturated rings. The van der Waals surface area contributed by atoms with Gasteiger partial charge in [0.05, 0.1) is 26.4 Å². The molecule has 0 radical (unpaired) electrons. The van der Waals surface area contributed by atoms with Crippen LogP contribution in [0.5, 0.6) is 0 Å². The summed E-state index contributed by atoms with van der Waals surface area (Å²) in [5.74, 6) is 0. The molecule has 4 aliphatic rings. The van der Waals surface area contributed by atoms with E-state index in [-0.39, 0.29) is 0 Å². The molecule has 0 aromatic heterocycles. The van der Waals surface area contributed by atoms with E-state index in [0.29, 0.717) is 0 Å². The fourth-order valence-corrected chi connectivity index (χ4v) is 4.26. The predicted octanol–water partition coefficient (Wildman–Crippen LogP) is 3.94. The Kier molecular flexibility index (Phi) is 7.68. The van der Waals surface area contributed by atoms with Crippen LogP contribution in [-0.4, -0.2) is 62.4 Å². The molecule has 0 atom stereocenters. The average Bonchev–Trinajstić information content (AvgIpc) is 2.71. The van der Waals surface area contributed by atoms with Gasteiger partial charge in [-0.3, -0.25) is 0 Å². The Hall–Kier alpha value is -1.00. The maximum Gasteiger partial charge on any atom is 0.0642 e. The van der Waals surface area contributed by atoms with Crippen LogP contribution >= 0.6 is 0 Å². The molecule has 0 spiro atoms. The zero-order valence-electron chi connectivity index (χ0n) is 16.1. The van der Waals surface area contributed by atoms with E-state index in [0.717, 1.165) is 52.6 Å². The second-order valence-corrected chi connectivity index (χ2v) is 7.57. The van der Waals surface area contributed by atoms with Crippen molar-refractivity contribution in [2.45, 2.75) is 58.3 Å². The van der Waals surface area contributed by atoms with Gasteiger partial charge in [-0.1, -0.05) is 11.6 Å². The quantitative estimate of drug-likeness (QED) is 0.754. The monoisotopic (exact) mass is 348 g/mol. The lowest BCUT2D eigenvalue weighted by Crippen LogP contribution is -2.36. The number of rotatable bonds is 2. The van der Waals surface area contributed by atoms with Crippen LogP contribution in [0.15, 0.2) is 23.0 Å². The minimum Gasteiger partial charge on any atom is -0.378 e. The van der Waals surface area contributed by atoms with Gasteiger partial charge in [-0.05, 0) is 58.3 Å². The van der Waals surface area contributed by atoms with E-state index in [1.807, 2.05) is 0 Å². The van der Waals surface area contributed by atoms with Gasteiger partial charge in [-0.15, -0.1) is 0 Å². The van der Waals surface area contributed by atoms with Crippen molar-refractivity contribution in [3.63, 3.8) is 0 Å². The topological polar surface area (TPSA) is 24.9 Å². The highest BCUT2D eigenvalue weighted by Crippen LogP contribution is 2.27. The summed E-state index contributed by atoms with van der Waals surface area (Å²) in [5.41, 5.74) is 4.81. The van der Waals surface area contributed by atoms with Gasteiger partial charge in [-0.2, -0.15) is 0 Å². The maximum absolute atomic E-state index is 5.36. The lowest BCUT2D eigenvalue weighted by molar-refractivity contribution is 0.0507. The third-order valence-corrected chi connectivity index (χ3v) is 5.79. The Bertz CT molecular complexity index is 461. The number of ether oxygens (including phenoxy) is 2. The van der Waals surface area contributed by atoms with Gasteiger partial charge in [0.25, 0.3) is 0 Å². The second kappa shape index (κ2) is 10.2. The highest BCUT2D eigenvalue weighted by molar-refractivity contribution is 5.14. The van der Waals surface area contributed by atoms with Crippen molar-refractivity contribution >= 4 is 0 Å². The summed E-state index contributed by atoms with van der Waals surface area (Å²) in [5, 5.41) is 0. The molecule has 0 aromatic rings. The van der Waals surface area contributed by atoms with Crippen molar-refractivity contribution in [1.29, 1.82) is 0 Å². The Labute approximate surface area is 153 Å². The van der Waals surface area contributed by atoms with E-state index in [2.05, 4.69) is 22.8 Å². The van der Waals surface area contributed by atoms with Gasteiger partial charge in [0.1, 0.15) is 0 Å². The number of morpholine rings is 2. The minimum atomic E-state index is 0.913. The summed E-state index contributed by atoms with van der Waals surface area (Å²) in [6.07, 6.45) is 13.1. The first kappa shape index (κ1) is 18.8. The summed E-state index contributed by atoms with van der Waals surface area (Å²) in [6, 6.07) is 0. The van der Waals surface area contributed by atoms with Crippen LogP contribution in [0, 0.1) is 0 Å². The van der Waals surface area contributed by atoms with Gasteiger partial charge in [0.15, 0.2) is 0 Å². The summed E-state index contributed by atoms with van der Waals surface area (Å²) in [4.78, 5) is 5.01. The largest absolute Gasteiger partial charge is 0.378 e. The van der Waals surface area contributed by atoms with Crippen molar-refractivity contribution in [3.05, 3.63) is 23.0 Å². The SMILES string of the molecule is C1=C(N2CCOCC2)CCCC1.CC1=C(N2CCOCC2)CCCC1. The molecule has 25 heavy (non-hydrogen) atoms. The lowest BCUT2D eigenvalue weighted by Gasteiger charge is -2.34. The van der Waals surface area contributed by atoms with Crippen molar-refractivity contribution in [1.82, 2.24) is 9.80 Å². The molecule has 4 nitrogen and oxygen atoms in total. The van der Waals surface area contributed by atoms with Crippen LogP contribution in [-0.2, 0) is 9.47 Å². The van der Waals surface area contributed by atoms with Crippen LogP contribution < -0.4 is 0 Å². The zero-order chi connectivity index (χ0) is 17.3. The molecule has 4 rings (SSSR count). The van der Waals surface area contributed by atoms with Crippen molar-refractivity contribution in [3.8, 4) is 0 Å². The van der Waals surface area contributed by atoms with Crippen molar-refractivity contribution in [2.24, 2.45) is 0 Å². The van der Waals surface area contributed by atoms with E-state index < -0.39 is 0 Å². The van der Waals surface area contributed by atoms with E-state index >= 15 is 0 Å². The van der Waals surface area contributed by atoms with E-state index in [1.165, 1.54) is 51.4 Å². The molecule has 4 heteroatoms. The zero-order valence-corrected chi connectivity index (χ0v) is 16.1. The molecule has 0 amide bonds. The minimum absolute atomic E-state index is 0.913. The molecule has 0 unspecified atom stereocenters. The third kappa shape index (κ3) is 5.75. The summed E-state index contributed by atoms with van der Waals surface area (Å²) < 4.78 is 10.7. The number of allylic oxidation sites excluding steroid dienone is 4. The van der Waals surface area contributed by atoms with E-state index in [1.54, 1.807) is 17.0 Å². The summed E-state index contributed by atoms with van der Waals surface area (Å²) in [6.45, 7) is 10.4.